The maximum atomic E-state index is 12.3. The number of aliphatic hydroxyl groups is 1. The van der Waals surface area contributed by atoms with Crippen molar-refractivity contribution in [3.05, 3.63) is 56.9 Å². The molecule has 1 aliphatic rings. The van der Waals surface area contributed by atoms with Gasteiger partial charge in [0.2, 0.25) is 0 Å². The number of carbonyl (C=O) groups excluding carboxylic acids is 2. The molecule has 112 valence electrons. The third-order valence-corrected chi connectivity index (χ3v) is 3.78. The number of amides is 2. The molecular weight excluding hydrogens is 286 g/mol. The third-order valence-electron chi connectivity index (χ3n) is 3.78. The molecule has 1 aromatic heterocycles. The minimum atomic E-state index is -0.628. The lowest BCUT2D eigenvalue weighted by atomic mass is 10.1. The van der Waals surface area contributed by atoms with Crippen molar-refractivity contribution in [1.82, 2.24) is 9.88 Å². The molecule has 2 amide bonds. The topological polar surface area (TPSA) is 114 Å². The standard InChI is InChI=1S/C15H13N3O4/c1-7-8(6-19)3-2-4-10(7)18-11(20)5-9-12(13(18)16)15(22)17-14(9)21/h2-5,19H,6,16H2,1H3,(H,17,21,22). The molecule has 0 aliphatic carbocycles. The molecule has 22 heavy (non-hydrogen) atoms. The zero-order valence-electron chi connectivity index (χ0n) is 11.7. The van der Waals surface area contributed by atoms with Crippen LogP contribution in [0.15, 0.2) is 29.1 Å². The third kappa shape index (κ3) is 1.83. The molecule has 0 fully saturated rings. The highest BCUT2D eigenvalue weighted by Crippen LogP contribution is 2.25. The molecule has 0 radical (unpaired) electrons. The Kier molecular flexibility index (Phi) is 3.07. The van der Waals surface area contributed by atoms with E-state index in [1.165, 1.54) is 4.57 Å². The largest absolute Gasteiger partial charge is 0.392 e. The normalized spacial score (nSPS) is 13.2. The number of fused-ring (bicyclic) bond motifs is 1. The van der Waals surface area contributed by atoms with Crippen molar-refractivity contribution in [2.24, 2.45) is 0 Å². The molecule has 2 aromatic rings. The van der Waals surface area contributed by atoms with Gasteiger partial charge in [0, 0.05) is 6.07 Å². The second kappa shape index (κ2) is 4.81. The number of anilines is 1. The molecule has 3 rings (SSSR count). The van der Waals surface area contributed by atoms with E-state index in [2.05, 4.69) is 5.32 Å². The van der Waals surface area contributed by atoms with Gasteiger partial charge in [-0.1, -0.05) is 12.1 Å². The van der Waals surface area contributed by atoms with Crippen LogP contribution in [0.1, 0.15) is 31.8 Å². The first kappa shape index (κ1) is 14.0. The Bertz CT molecular complexity index is 883. The Balaban J connectivity index is 2.35. The van der Waals surface area contributed by atoms with Crippen molar-refractivity contribution < 1.29 is 14.7 Å². The molecule has 7 nitrogen and oxygen atoms in total. The van der Waals surface area contributed by atoms with Crippen molar-refractivity contribution >= 4 is 17.6 Å². The SMILES string of the molecule is Cc1c(CO)cccc1-n1c(N)c2c(cc1=O)C(=O)NC2=O. The number of nitrogens with zero attached hydrogens (tertiary/aromatic N) is 1. The van der Waals surface area contributed by atoms with Gasteiger partial charge in [-0.3, -0.25) is 24.3 Å². The lowest BCUT2D eigenvalue weighted by Crippen LogP contribution is -2.24. The Morgan fingerprint density at radius 1 is 1.23 bits per heavy atom. The number of rotatable bonds is 2. The molecule has 0 saturated heterocycles. The van der Waals surface area contributed by atoms with Gasteiger partial charge in [-0.05, 0) is 24.1 Å². The quantitative estimate of drug-likeness (QED) is 0.681. The van der Waals surface area contributed by atoms with E-state index in [0.717, 1.165) is 6.07 Å². The average molecular weight is 299 g/mol. The predicted molar refractivity (Wildman–Crippen MR) is 78.9 cm³/mol. The fourth-order valence-electron chi connectivity index (χ4n) is 2.61. The Labute approximate surface area is 125 Å². The molecule has 1 aromatic carbocycles. The summed E-state index contributed by atoms with van der Waals surface area (Å²) in [6, 6.07) is 6.16. The van der Waals surface area contributed by atoms with E-state index in [1.807, 2.05) is 0 Å². The second-order valence-corrected chi connectivity index (χ2v) is 4.99. The highest BCUT2D eigenvalue weighted by molar-refractivity contribution is 6.23. The number of nitrogens with two attached hydrogens (primary N) is 1. The van der Waals surface area contributed by atoms with Crippen LogP contribution in [0.3, 0.4) is 0 Å². The van der Waals surface area contributed by atoms with E-state index in [4.69, 9.17) is 5.73 Å². The molecule has 0 bridgehead atoms. The van der Waals surface area contributed by atoms with Gasteiger partial charge in [0.25, 0.3) is 17.4 Å². The van der Waals surface area contributed by atoms with Crippen LogP contribution in [-0.4, -0.2) is 21.5 Å². The van der Waals surface area contributed by atoms with E-state index in [-0.39, 0.29) is 23.6 Å². The first-order valence-electron chi connectivity index (χ1n) is 6.56. The summed E-state index contributed by atoms with van der Waals surface area (Å²) in [4.78, 5) is 35.8. The Hall–Kier alpha value is -2.93. The highest BCUT2D eigenvalue weighted by atomic mass is 16.3. The van der Waals surface area contributed by atoms with Gasteiger partial charge in [0.1, 0.15) is 5.82 Å². The molecular formula is C15H13N3O4. The van der Waals surface area contributed by atoms with Crippen LogP contribution in [0.4, 0.5) is 5.82 Å². The fourth-order valence-corrected chi connectivity index (χ4v) is 2.61. The monoisotopic (exact) mass is 299 g/mol. The zero-order valence-corrected chi connectivity index (χ0v) is 11.7. The number of nitrogens with one attached hydrogen (secondary N) is 1. The fraction of sp³-hybridized carbons (Fsp3) is 0.133. The smallest absolute Gasteiger partial charge is 0.262 e. The number of pyridine rings is 1. The van der Waals surface area contributed by atoms with Crippen molar-refractivity contribution in [1.29, 1.82) is 0 Å². The van der Waals surface area contributed by atoms with Crippen molar-refractivity contribution in [3.63, 3.8) is 0 Å². The number of imide groups is 1. The Morgan fingerprint density at radius 3 is 2.64 bits per heavy atom. The predicted octanol–water partition coefficient (Wildman–Crippen LogP) is 0.104. The van der Waals surface area contributed by atoms with E-state index in [9.17, 15) is 19.5 Å². The number of aromatic nitrogens is 1. The summed E-state index contributed by atoms with van der Waals surface area (Å²) < 4.78 is 1.17. The maximum Gasteiger partial charge on any atom is 0.262 e. The number of hydrogen-bond donors (Lipinski definition) is 3. The summed E-state index contributed by atoms with van der Waals surface area (Å²) in [6.45, 7) is 1.56. The van der Waals surface area contributed by atoms with Crippen molar-refractivity contribution in [2.45, 2.75) is 13.5 Å². The minimum absolute atomic E-state index is 0.00148. The van der Waals surface area contributed by atoms with Gasteiger partial charge >= 0.3 is 0 Å². The maximum absolute atomic E-state index is 12.3. The van der Waals surface area contributed by atoms with Crippen LogP contribution < -0.4 is 16.6 Å². The molecule has 7 heteroatoms. The number of aliphatic hydroxyl groups excluding tert-OH is 1. The molecule has 4 N–H and O–H groups in total. The zero-order chi connectivity index (χ0) is 16.0. The van der Waals surface area contributed by atoms with Crippen LogP contribution >= 0.6 is 0 Å². The first-order chi connectivity index (χ1) is 10.5. The average Bonchev–Trinajstić information content (AvgIpc) is 2.75. The van der Waals surface area contributed by atoms with Crippen molar-refractivity contribution in [2.75, 3.05) is 5.73 Å². The number of hydrogen-bond acceptors (Lipinski definition) is 5. The Morgan fingerprint density at radius 2 is 1.95 bits per heavy atom. The van der Waals surface area contributed by atoms with Crippen LogP contribution in [-0.2, 0) is 6.61 Å². The summed E-state index contributed by atoms with van der Waals surface area (Å²) in [5.41, 5.74) is 7.21. The van der Waals surface area contributed by atoms with Crippen LogP contribution in [0.25, 0.3) is 5.69 Å². The van der Waals surface area contributed by atoms with Crippen LogP contribution in [0.5, 0.6) is 0 Å². The lowest BCUT2D eigenvalue weighted by molar-refractivity contribution is 0.0880. The summed E-state index contributed by atoms with van der Waals surface area (Å²) in [7, 11) is 0. The summed E-state index contributed by atoms with van der Waals surface area (Å²) in [6.07, 6.45) is 0. The van der Waals surface area contributed by atoms with Gasteiger partial charge in [-0.15, -0.1) is 0 Å². The van der Waals surface area contributed by atoms with Crippen molar-refractivity contribution in [3.8, 4) is 5.69 Å². The first-order valence-corrected chi connectivity index (χ1v) is 6.56. The highest BCUT2D eigenvalue weighted by Gasteiger charge is 2.32. The van der Waals surface area contributed by atoms with Gasteiger partial charge in [0.05, 0.1) is 23.4 Å². The molecule has 0 unspecified atom stereocenters. The molecule has 2 heterocycles. The number of nitrogen functional groups attached to an aromatic ring is 1. The number of benzene rings is 1. The summed E-state index contributed by atoms with van der Waals surface area (Å²) >= 11 is 0. The van der Waals surface area contributed by atoms with Gasteiger partial charge in [0.15, 0.2) is 0 Å². The lowest BCUT2D eigenvalue weighted by Gasteiger charge is -2.15. The molecule has 0 saturated carbocycles. The van der Waals surface area contributed by atoms with Gasteiger partial charge in [-0.2, -0.15) is 0 Å². The van der Waals surface area contributed by atoms with E-state index in [0.29, 0.717) is 16.8 Å². The van der Waals surface area contributed by atoms with E-state index in [1.54, 1.807) is 25.1 Å². The second-order valence-electron chi connectivity index (χ2n) is 4.99. The molecule has 0 spiro atoms. The number of carbonyl (C=O) groups is 2. The molecule has 1 aliphatic heterocycles. The van der Waals surface area contributed by atoms with Gasteiger partial charge < -0.3 is 10.8 Å². The van der Waals surface area contributed by atoms with Crippen LogP contribution in [0.2, 0.25) is 0 Å². The van der Waals surface area contributed by atoms with Gasteiger partial charge in [-0.25, -0.2) is 0 Å². The minimum Gasteiger partial charge on any atom is -0.392 e. The van der Waals surface area contributed by atoms with E-state index >= 15 is 0 Å². The molecule has 0 atom stereocenters. The van der Waals surface area contributed by atoms with Crippen LogP contribution in [0, 0.1) is 6.92 Å². The summed E-state index contributed by atoms with van der Waals surface area (Å²) in [5, 5.41) is 11.4. The summed E-state index contributed by atoms with van der Waals surface area (Å²) in [5.74, 6) is -1.34. The van der Waals surface area contributed by atoms with E-state index < -0.39 is 17.4 Å².